The van der Waals surface area contributed by atoms with Crippen molar-refractivity contribution in [1.82, 2.24) is 20.2 Å². The number of carbonyl (C=O) groups excluding carboxylic acids is 1. The lowest BCUT2D eigenvalue weighted by atomic mass is 10.2. The zero-order chi connectivity index (χ0) is 18.6. The van der Waals surface area contributed by atoms with E-state index >= 15 is 0 Å². The number of aromatic nitrogens is 4. The molecule has 2 aromatic carbocycles. The van der Waals surface area contributed by atoms with E-state index in [0.29, 0.717) is 28.9 Å². The highest BCUT2D eigenvalue weighted by Gasteiger charge is 2.15. The van der Waals surface area contributed by atoms with Crippen molar-refractivity contribution in [2.24, 2.45) is 0 Å². The number of hydrogen-bond donors (Lipinski definition) is 1. The highest BCUT2D eigenvalue weighted by atomic mass is 32.2. The number of carbonyl (C=O) groups is 1. The predicted octanol–water partition coefficient (Wildman–Crippen LogP) is 2.32. The molecule has 0 unspecified atom stereocenters. The Morgan fingerprint density at radius 3 is 2.85 bits per heavy atom. The number of amides is 1. The van der Waals surface area contributed by atoms with Gasteiger partial charge in [0.05, 0.1) is 12.3 Å². The standard InChI is InChI=1S/C17H14FN5O3S/c18-12-2-4-13(5-3-12)19-16(24)9-27-17-20-21-22-23(17)8-11-1-6-14-15(7-11)26-10-25-14/h1-7H,8-10H2,(H,19,24). The fraction of sp³-hybridized carbons (Fsp3) is 0.176. The number of ether oxygens (including phenoxy) is 2. The summed E-state index contributed by atoms with van der Waals surface area (Å²) in [6, 6.07) is 11.2. The molecule has 0 atom stereocenters. The quantitative estimate of drug-likeness (QED) is 0.649. The maximum atomic E-state index is 12.9. The molecule has 27 heavy (non-hydrogen) atoms. The third-order valence-corrected chi connectivity index (χ3v) is 4.69. The van der Waals surface area contributed by atoms with Gasteiger partial charge in [0.25, 0.3) is 0 Å². The first-order chi connectivity index (χ1) is 13.2. The summed E-state index contributed by atoms with van der Waals surface area (Å²) in [7, 11) is 0. The van der Waals surface area contributed by atoms with E-state index in [4.69, 9.17) is 9.47 Å². The van der Waals surface area contributed by atoms with Gasteiger partial charge in [0, 0.05) is 5.69 Å². The van der Waals surface area contributed by atoms with E-state index in [1.54, 1.807) is 4.68 Å². The predicted molar refractivity (Wildman–Crippen MR) is 95.2 cm³/mol. The molecule has 1 aliphatic heterocycles. The average Bonchev–Trinajstić information content (AvgIpc) is 3.31. The number of benzene rings is 2. The second kappa shape index (κ2) is 7.62. The SMILES string of the molecule is O=C(CSc1nnnn1Cc1ccc2c(c1)OCO2)Nc1ccc(F)cc1. The summed E-state index contributed by atoms with van der Waals surface area (Å²) in [4.78, 5) is 12.1. The second-order valence-electron chi connectivity index (χ2n) is 5.65. The monoisotopic (exact) mass is 387 g/mol. The van der Waals surface area contributed by atoms with E-state index in [9.17, 15) is 9.18 Å². The Kier molecular flexibility index (Phi) is 4.88. The van der Waals surface area contributed by atoms with Crippen LogP contribution in [0.4, 0.5) is 10.1 Å². The van der Waals surface area contributed by atoms with Gasteiger partial charge in [0.15, 0.2) is 11.5 Å². The van der Waals surface area contributed by atoms with Crippen molar-refractivity contribution < 1.29 is 18.7 Å². The third kappa shape index (κ3) is 4.17. The van der Waals surface area contributed by atoms with E-state index in [-0.39, 0.29) is 24.3 Å². The van der Waals surface area contributed by atoms with E-state index in [1.807, 2.05) is 18.2 Å². The molecule has 0 saturated heterocycles. The molecular weight excluding hydrogens is 373 g/mol. The van der Waals surface area contributed by atoms with Gasteiger partial charge in [-0.2, -0.15) is 0 Å². The van der Waals surface area contributed by atoms with Gasteiger partial charge in [-0.05, 0) is 52.4 Å². The first kappa shape index (κ1) is 17.3. The van der Waals surface area contributed by atoms with Crippen molar-refractivity contribution in [3.8, 4) is 11.5 Å². The van der Waals surface area contributed by atoms with Gasteiger partial charge >= 0.3 is 0 Å². The largest absolute Gasteiger partial charge is 0.454 e. The van der Waals surface area contributed by atoms with Gasteiger partial charge in [-0.1, -0.05) is 17.8 Å². The molecular formula is C17H14FN5O3S. The Balaban J connectivity index is 1.36. The lowest BCUT2D eigenvalue weighted by Crippen LogP contribution is -2.14. The molecule has 1 aliphatic rings. The van der Waals surface area contributed by atoms with Crippen LogP contribution < -0.4 is 14.8 Å². The number of anilines is 1. The molecule has 1 amide bonds. The Bertz CT molecular complexity index is 963. The molecule has 0 fully saturated rings. The van der Waals surface area contributed by atoms with Crippen LogP contribution in [0.3, 0.4) is 0 Å². The molecule has 0 spiro atoms. The maximum absolute atomic E-state index is 12.9. The van der Waals surface area contributed by atoms with E-state index in [2.05, 4.69) is 20.8 Å². The first-order valence-electron chi connectivity index (χ1n) is 8.00. The summed E-state index contributed by atoms with van der Waals surface area (Å²) in [6.07, 6.45) is 0. The molecule has 8 nitrogen and oxygen atoms in total. The van der Waals surface area contributed by atoms with Gasteiger partial charge in [-0.3, -0.25) is 4.79 Å². The molecule has 2 heterocycles. The Hall–Kier alpha value is -3.14. The smallest absolute Gasteiger partial charge is 0.234 e. The lowest BCUT2D eigenvalue weighted by molar-refractivity contribution is -0.113. The molecule has 0 radical (unpaired) electrons. The van der Waals surface area contributed by atoms with E-state index < -0.39 is 0 Å². The number of rotatable bonds is 6. The van der Waals surface area contributed by atoms with Crippen molar-refractivity contribution >= 4 is 23.4 Å². The van der Waals surface area contributed by atoms with Crippen molar-refractivity contribution in [3.05, 3.63) is 53.8 Å². The minimum atomic E-state index is -0.356. The first-order valence-corrected chi connectivity index (χ1v) is 8.99. The van der Waals surface area contributed by atoms with Gasteiger partial charge < -0.3 is 14.8 Å². The zero-order valence-electron chi connectivity index (χ0n) is 14.0. The second-order valence-corrected chi connectivity index (χ2v) is 6.59. The van der Waals surface area contributed by atoms with Crippen LogP contribution in [-0.4, -0.2) is 38.7 Å². The molecule has 0 bridgehead atoms. The summed E-state index contributed by atoms with van der Waals surface area (Å²) in [5.41, 5.74) is 1.48. The minimum Gasteiger partial charge on any atom is -0.454 e. The highest BCUT2D eigenvalue weighted by Crippen LogP contribution is 2.32. The lowest BCUT2D eigenvalue weighted by Gasteiger charge is -2.06. The fourth-order valence-electron chi connectivity index (χ4n) is 2.47. The van der Waals surface area contributed by atoms with Crippen molar-refractivity contribution in [3.63, 3.8) is 0 Å². The normalized spacial score (nSPS) is 12.2. The minimum absolute atomic E-state index is 0.124. The molecule has 0 saturated carbocycles. The summed E-state index contributed by atoms with van der Waals surface area (Å²) in [5, 5.41) is 14.8. The van der Waals surface area contributed by atoms with Crippen LogP contribution >= 0.6 is 11.8 Å². The van der Waals surface area contributed by atoms with Crippen molar-refractivity contribution in [1.29, 1.82) is 0 Å². The van der Waals surface area contributed by atoms with Crippen LogP contribution in [0.2, 0.25) is 0 Å². The Labute approximate surface area is 157 Å². The van der Waals surface area contributed by atoms with Crippen LogP contribution in [0.15, 0.2) is 47.6 Å². The number of hydrogen-bond acceptors (Lipinski definition) is 7. The van der Waals surface area contributed by atoms with Crippen LogP contribution in [0.5, 0.6) is 11.5 Å². The third-order valence-electron chi connectivity index (χ3n) is 3.73. The van der Waals surface area contributed by atoms with Gasteiger partial charge in [-0.15, -0.1) is 5.10 Å². The van der Waals surface area contributed by atoms with Gasteiger partial charge in [0.1, 0.15) is 5.82 Å². The van der Waals surface area contributed by atoms with Crippen molar-refractivity contribution in [2.75, 3.05) is 17.9 Å². The topological polar surface area (TPSA) is 91.2 Å². The number of tetrazole rings is 1. The zero-order valence-corrected chi connectivity index (χ0v) is 14.8. The summed E-state index contributed by atoms with van der Waals surface area (Å²) < 4.78 is 25.2. The van der Waals surface area contributed by atoms with E-state index in [1.165, 1.54) is 36.0 Å². The molecule has 1 aromatic heterocycles. The van der Waals surface area contributed by atoms with E-state index in [0.717, 1.165) is 5.56 Å². The van der Waals surface area contributed by atoms with Crippen LogP contribution in [0.25, 0.3) is 0 Å². The summed E-state index contributed by atoms with van der Waals surface area (Å²) >= 11 is 1.21. The number of thioether (sulfide) groups is 1. The molecule has 138 valence electrons. The molecule has 4 rings (SSSR count). The maximum Gasteiger partial charge on any atom is 0.234 e. The van der Waals surface area contributed by atoms with Crippen LogP contribution in [0, 0.1) is 5.82 Å². The molecule has 3 aromatic rings. The van der Waals surface area contributed by atoms with Gasteiger partial charge in [-0.25, -0.2) is 9.07 Å². The highest BCUT2D eigenvalue weighted by molar-refractivity contribution is 7.99. The Morgan fingerprint density at radius 2 is 2.00 bits per heavy atom. The van der Waals surface area contributed by atoms with Crippen molar-refractivity contribution in [2.45, 2.75) is 11.7 Å². The summed E-state index contributed by atoms with van der Waals surface area (Å²) in [5.74, 6) is 0.934. The van der Waals surface area contributed by atoms with Crippen LogP contribution in [-0.2, 0) is 11.3 Å². The number of fused-ring (bicyclic) bond motifs is 1. The number of nitrogens with zero attached hydrogens (tertiary/aromatic N) is 4. The molecule has 1 N–H and O–H groups in total. The fourth-order valence-corrected chi connectivity index (χ4v) is 3.15. The Morgan fingerprint density at radius 1 is 1.19 bits per heavy atom. The number of nitrogens with one attached hydrogen (secondary N) is 1. The van der Waals surface area contributed by atoms with Crippen LogP contribution in [0.1, 0.15) is 5.56 Å². The average molecular weight is 387 g/mol. The van der Waals surface area contributed by atoms with Gasteiger partial charge in [0.2, 0.25) is 17.9 Å². The molecule has 0 aliphatic carbocycles. The number of halogens is 1. The molecule has 10 heteroatoms. The summed E-state index contributed by atoms with van der Waals surface area (Å²) in [6.45, 7) is 0.652.